The van der Waals surface area contributed by atoms with E-state index in [-0.39, 0.29) is 0 Å². The standard InChI is InChI=1S/C7H4N2OS/c8-3-5-1-2-7(11-5)6(10)4-9/h1-2,6,10H. The van der Waals surface area contributed by atoms with Gasteiger partial charge in [-0.25, -0.2) is 0 Å². The van der Waals surface area contributed by atoms with Crippen molar-refractivity contribution >= 4 is 11.3 Å². The molecule has 11 heavy (non-hydrogen) atoms. The van der Waals surface area contributed by atoms with Crippen molar-refractivity contribution in [2.24, 2.45) is 0 Å². The van der Waals surface area contributed by atoms with Gasteiger partial charge in [0.15, 0.2) is 6.10 Å². The van der Waals surface area contributed by atoms with Gasteiger partial charge in [-0.15, -0.1) is 11.3 Å². The molecule has 0 spiro atoms. The summed E-state index contributed by atoms with van der Waals surface area (Å²) in [5, 5.41) is 25.7. The molecular formula is C7H4N2OS. The van der Waals surface area contributed by atoms with Crippen LogP contribution in [-0.4, -0.2) is 5.11 Å². The Morgan fingerprint density at radius 1 is 1.45 bits per heavy atom. The predicted molar refractivity (Wildman–Crippen MR) is 39.6 cm³/mol. The van der Waals surface area contributed by atoms with Crippen LogP contribution >= 0.6 is 11.3 Å². The van der Waals surface area contributed by atoms with Crippen LogP contribution in [0.2, 0.25) is 0 Å². The summed E-state index contributed by atoms with van der Waals surface area (Å²) in [6, 6.07) is 6.76. The minimum absolute atomic E-state index is 0.509. The minimum Gasteiger partial charge on any atom is -0.373 e. The van der Waals surface area contributed by atoms with Gasteiger partial charge in [-0.3, -0.25) is 0 Å². The Kier molecular flexibility index (Phi) is 2.22. The maximum atomic E-state index is 8.98. The average Bonchev–Trinajstić information content (AvgIpc) is 2.50. The predicted octanol–water partition coefficient (Wildman–Crippen LogP) is 1.18. The molecule has 1 aromatic heterocycles. The molecule has 3 nitrogen and oxygen atoms in total. The lowest BCUT2D eigenvalue weighted by atomic mass is 10.3. The summed E-state index contributed by atoms with van der Waals surface area (Å²) in [6.07, 6.45) is -1.10. The lowest BCUT2D eigenvalue weighted by molar-refractivity contribution is 0.240. The highest BCUT2D eigenvalue weighted by molar-refractivity contribution is 7.12. The molecule has 0 fully saturated rings. The Morgan fingerprint density at radius 3 is 2.64 bits per heavy atom. The minimum atomic E-state index is -1.10. The summed E-state index contributed by atoms with van der Waals surface area (Å²) in [4.78, 5) is 1.03. The Labute approximate surface area is 67.7 Å². The van der Waals surface area contributed by atoms with Gasteiger partial charge in [-0.1, -0.05) is 0 Å². The van der Waals surface area contributed by atoms with E-state index in [4.69, 9.17) is 15.6 Å². The van der Waals surface area contributed by atoms with Crippen LogP contribution in [-0.2, 0) is 0 Å². The highest BCUT2D eigenvalue weighted by Gasteiger charge is 2.07. The molecule has 0 aliphatic heterocycles. The molecule has 1 N–H and O–H groups in total. The van der Waals surface area contributed by atoms with Gasteiger partial charge in [-0.2, -0.15) is 10.5 Å². The van der Waals surface area contributed by atoms with E-state index in [0.717, 1.165) is 11.3 Å². The van der Waals surface area contributed by atoms with Crippen LogP contribution in [0.5, 0.6) is 0 Å². The number of rotatable bonds is 1. The van der Waals surface area contributed by atoms with Crippen LogP contribution in [0.25, 0.3) is 0 Å². The molecule has 0 radical (unpaired) electrons. The number of hydrogen-bond acceptors (Lipinski definition) is 4. The molecule has 0 aliphatic carbocycles. The van der Waals surface area contributed by atoms with Gasteiger partial charge in [-0.05, 0) is 12.1 Å². The van der Waals surface area contributed by atoms with Crippen molar-refractivity contribution in [1.29, 1.82) is 10.5 Å². The molecule has 0 saturated carbocycles. The van der Waals surface area contributed by atoms with Crippen molar-refractivity contribution in [2.45, 2.75) is 6.10 Å². The molecule has 1 aromatic rings. The maximum absolute atomic E-state index is 8.98. The molecular weight excluding hydrogens is 160 g/mol. The fourth-order valence-electron chi connectivity index (χ4n) is 0.623. The molecule has 0 bridgehead atoms. The molecule has 0 aliphatic rings. The van der Waals surface area contributed by atoms with Gasteiger partial charge < -0.3 is 5.11 Å². The second kappa shape index (κ2) is 3.16. The van der Waals surface area contributed by atoms with Crippen LogP contribution in [0.3, 0.4) is 0 Å². The summed E-state index contributed by atoms with van der Waals surface area (Å²) >= 11 is 1.13. The van der Waals surface area contributed by atoms with Gasteiger partial charge in [0.25, 0.3) is 0 Å². The van der Waals surface area contributed by atoms with Crippen LogP contribution in [0.4, 0.5) is 0 Å². The Bertz CT molecular complexity index is 331. The molecule has 54 valence electrons. The molecule has 0 amide bonds. The Balaban J connectivity index is 2.93. The number of thiophene rings is 1. The largest absolute Gasteiger partial charge is 0.373 e. The molecule has 1 rings (SSSR count). The molecule has 0 saturated heterocycles. The maximum Gasteiger partial charge on any atom is 0.175 e. The Hall–Kier alpha value is -1.36. The number of aliphatic hydroxyl groups is 1. The van der Waals surface area contributed by atoms with Crippen molar-refractivity contribution in [3.8, 4) is 12.1 Å². The number of aliphatic hydroxyl groups excluding tert-OH is 1. The molecule has 1 heterocycles. The first-order valence-corrected chi connectivity index (χ1v) is 3.67. The third-order valence-electron chi connectivity index (χ3n) is 1.13. The second-order valence-electron chi connectivity index (χ2n) is 1.85. The fourth-order valence-corrected chi connectivity index (χ4v) is 1.36. The zero-order valence-corrected chi connectivity index (χ0v) is 6.30. The van der Waals surface area contributed by atoms with Crippen molar-refractivity contribution in [2.75, 3.05) is 0 Å². The van der Waals surface area contributed by atoms with Crippen molar-refractivity contribution in [1.82, 2.24) is 0 Å². The Morgan fingerprint density at radius 2 is 2.18 bits per heavy atom. The van der Waals surface area contributed by atoms with E-state index in [9.17, 15) is 0 Å². The highest BCUT2D eigenvalue weighted by Crippen LogP contribution is 2.21. The van der Waals surface area contributed by atoms with E-state index in [0.29, 0.717) is 9.75 Å². The highest BCUT2D eigenvalue weighted by atomic mass is 32.1. The number of nitriles is 2. The van der Waals surface area contributed by atoms with E-state index >= 15 is 0 Å². The summed E-state index contributed by atoms with van der Waals surface area (Å²) in [6.45, 7) is 0. The monoisotopic (exact) mass is 164 g/mol. The summed E-state index contributed by atoms with van der Waals surface area (Å²) in [7, 11) is 0. The van der Waals surface area contributed by atoms with E-state index in [1.165, 1.54) is 0 Å². The van der Waals surface area contributed by atoms with Crippen molar-refractivity contribution < 1.29 is 5.11 Å². The average molecular weight is 164 g/mol. The van der Waals surface area contributed by atoms with Crippen LogP contribution in [0.15, 0.2) is 12.1 Å². The van der Waals surface area contributed by atoms with E-state index in [1.54, 1.807) is 18.2 Å². The SMILES string of the molecule is N#Cc1ccc(C(O)C#N)s1. The quantitative estimate of drug-likeness (QED) is 0.633. The zero-order valence-electron chi connectivity index (χ0n) is 5.48. The first-order valence-electron chi connectivity index (χ1n) is 2.85. The van der Waals surface area contributed by atoms with Crippen molar-refractivity contribution in [3.63, 3.8) is 0 Å². The molecule has 1 unspecified atom stereocenters. The smallest absolute Gasteiger partial charge is 0.175 e. The first-order chi connectivity index (χ1) is 5.27. The van der Waals surface area contributed by atoms with Crippen molar-refractivity contribution in [3.05, 3.63) is 21.9 Å². The molecule has 1 atom stereocenters. The third kappa shape index (κ3) is 1.56. The van der Waals surface area contributed by atoms with Gasteiger partial charge >= 0.3 is 0 Å². The van der Waals surface area contributed by atoms with Gasteiger partial charge in [0.05, 0.1) is 6.07 Å². The van der Waals surface area contributed by atoms with Crippen LogP contribution < -0.4 is 0 Å². The molecule has 4 heteroatoms. The number of hydrogen-bond donors (Lipinski definition) is 1. The summed E-state index contributed by atoms with van der Waals surface area (Å²) in [5.41, 5.74) is 0. The summed E-state index contributed by atoms with van der Waals surface area (Å²) in [5.74, 6) is 0. The van der Waals surface area contributed by atoms with E-state index < -0.39 is 6.10 Å². The zero-order chi connectivity index (χ0) is 8.27. The lowest BCUT2D eigenvalue weighted by Gasteiger charge is -1.92. The fraction of sp³-hybridized carbons (Fsp3) is 0.143. The topological polar surface area (TPSA) is 67.8 Å². The molecule has 0 aromatic carbocycles. The van der Waals surface area contributed by atoms with E-state index in [2.05, 4.69) is 0 Å². The summed E-state index contributed by atoms with van der Waals surface area (Å²) < 4.78 is 0. The van der Waals surface area contributed by atoms with E-state index in [1.807, 2.05) is 6.07 Å². The van der Waals surface area contributed by atoms with Crippen LogP contribution in [0.1, 0.15) is 15.9 Å². The van der Waals surface area contributed by atoms with Gasteiger partial charge in [0.1, 0.15) is 10.9 Å². The second-order valence-corrected chi connectivity index (χ2v) is 2.96. The first kappa shape index (κ1) is 7.74. The van der Waals surface area contributed by atoms with Gasteiger partial charge in [0, 0.05) is 4.88 Å². The lowest BCUT2D eigenvalue weighted by Crippen LogP contribution is -1.86. The van der Waals surface area contributed by atoms with Crippen LogP contribution in [0, 0.1) is 22.7 Å². The normalized spacial score (nSPS) is 11.5. The third-order valence-corrected chi connectivity index (χ3v) is 2.17. The number of nitrogens with zero attached hydrogens (tertiary/aromatic N) is 2. The van der Waals surface area contributed by atoms with Gasteiger partial charge in [0.2, 0.25) is 0 Å².